The fourth-order valence-electron chi connectivity index (χ4n) is 3.47. The van der Waals surface area contributed by atoms with Crippen molar-refractivity contribution in [1.29, 1.82) is 0 Å². The van der Waals surface area contributed by atoms with E-state index in [4.69, 9.17) is 27.9 Å². The maximum Gasteiger partial charge on any atom is 0.251 e. The minimum Gasteiger partial charge on any atom is -0.508 e. The zero-order valence-corrected chi connectivity index (χ0v) is 18.3. The number of rotatable bonds is 7. The number of aliphatic hydroxyl groups is 1. The summed E-state index contributed by atoms with van der Waals surface area (Å²) < 4.78 is 6.10. The van der Waals surface area contributed by atoms with Gasteiger partial charge in [0.15, 0.2) is 0 Å². The highest BCUT2D eigenvalue weighted by Crippen LogP contribution is 2.33. The molecule has 0 radical (unpaired) electrons. The minimum absolute atomic E-state index is 0.0318. The molecule has 1 saturated heterocycles. The molecule has 0 bridgehead atoms. The maximum atomic E-state index is 12.1. The van der Waals surface area contributed by atoms with Crippen LogP contribution in [0.4, 0.5) is 0 Å². The van der Waals surface area contributed by atoms with Crippen molar-refractivity contribution in [2.45, 2.75) is 32.0 Å². The van der Waals surface area contributed by atoms with E-state index in [9.17, 15) is 15.0 Å². The molecule has 2 aromatic carbocycles. The highest BCUT2D eigenvalue weighted by Gasteiger charge is 2.23. The third kappa shape index (κ3) is 6.01. The lowest BCUT2D eigenvalue weighted by Crippen LogP contribution is -2.45. The monoisotopic (exact) mass is 452 g/mol. The van der Waals surface area contributed by atoms with Gasteiger partial charge in [-0.25, -0.2) is 0 Å². The van der Waals surface area contributed by atoms with E-state index in [1.165, 1.54) is 12.1 Å². The smallest absolute Gasteiger partial charge is 0.251 e. The number of nitrogens with one attached hydrogen (secondary N) is 1. The summed E-state index contributed by atoms with van der Waals surface area (Å²) in [6.45, 7) is 4.09. The summed E-state index contributed by atoms with van der Waals surface area (Å²) in [5, 5.41) is 23.5. The average Bonchev–Trinajstić information content (AvgIpc) is 2.74. The lowest BCUT2D eigenvalue weighted by molar-refractivity contribution is 0.0592. The lowest BCUT2D eigenvalue weighted by atomic mass is 10.1. The van der Waals surface area contributed by atoms with Gasteiger partial charge in [-0.1, -0.05) is 29.3 Å². The van der Waals surface area contributed by atoms with Crippen molar-refractivity contribution in [3.8, 4) is 11.5 Å². The van der Waals surface area contributed by atoms with Crippen LogP contribution in [0.1, 0.15) is 28.8 Å². The quantitative estimate of drug-likeness (QED) is 0.597. The number of benzene rings is 2. The number of halogens is 2. The van der Waals surface area contributed by atoms with Crippen LogP contribution in [0.15, 0.2) is 36.4 Å². The topological polar surface area (TPSA) is 82.0 Å². The Kier molecular flexibility index (Phi) is 7.83. The first kappa shape index (κ1) is 22.7. The third-order valence-electron chi connectivity index (χ3n) is 5.19. The SMILES string of the molecule is Cc1c(OC2CCN(C[C@H](O)CNC(=O)c3cccc(O)c3)CC2)ccc(Cl)c1Cl. The van der Waals surface area contributed by atoms with Gasteiger partial charge >= 0.3 is 0 Å². The normalized spacial score (nSPS) is 16.3. The van der Waals surface area contributed by atoms with Gasteiger partial charge in [0.25, 0.3) is 5.91 Å². The summed E-state index contributed by atoms with van der Waals surface area (Å²) in [6, 6.07) is 9.69. The summed E-state index contributed by atoms with van der Waals surface area (Å²) in [4.78, 5) is 14.3. The molecule has 0 aromatic heterocycles. The van der Waals surface area contributed by atoms with Crippen LogP contribution in [-0.2, 0) is 0 Å². The second kappa shape index (κ2) is 10.4. The minimum atomic E-state index is -0.680. The van der Waals surface area contributed by atoms with Crippen LogP contribution in [0.25, 0.3) is 0 Å². The zero-order valence-electron chi connectivity index (χ0n) is 16.8. The summed E-state index contributed by atoms with van der Waals surface area (Å²) >= 11 is 12.2. The molecule has 0 unspecified atom stereocenters. The summed E-state index contributed by atoms with van der Waals surface area (Å²) in [7, 11) is 0. The Bertz CT molecular complexity index is 885. The van der Waals surface area contributed by atoms with E-state index in [1.54, 1.807) is 18.2 Å². The van der Waals surface area contributed by atoms with Crippen LogP contribution in [0.2, 0.25) is 10.0 Å². The van der Waals surface area contributed by atoms with Crippen LogP contribution >= 0.6 is 23.2 Å². The lowest BCUT2D eigenvalue weighted by Gasteiger charge is -2.33. The molecule has 1 fully saturated rings. The van der Waals surface area contributed by atoms with Crippen LogP contribution in [-0.4, -0.2) is 59.4 Å². The molecule has 0 saturated carbocycles. The number of ether oxygens (including phenoxy) is 1. The summed E-state index contributed by atoms with van der Waals surface area (Å²) in [6.07, 6.45) is 1.07. The molecule has 2 aromatic rings. The highest BCUT2D eigenvalue weighted by atomic mass is 35.5. The molecule has 0 aliphatic carbocycles. The van der Waals surface area contributed by atoms with Gasteiger partial charge in [-0.3, -0.25) is 4.79 Å². The fourth-order valence-corrected chi connectivity index (χ4v) is 3.83. The number of likely N-dealkylation sites (tertiary alicyclic amines) is 1. The van der Waals surface area contributed by atoms with Crippen molar-refractivity contribution in [2.75, 3.05) is 26.2 Å². The van der Waals surface area contributed by atoms with Crippen molar-refractivity contribution in [1.82, 2.24) is 10.2 Å². The molecule has 1 aliphatic rings. The first-order chi connectivity index (χ1) is 14.3. The average molecular weight is 453 g/mol. The van der Waals surface area contributed by atoms with Gasteiger partial charge in [0, 0.05) is 37.3 Å². The van der Waals surface area contributed by atoms with Crippen molar-refractivity contribution in [2.24, 2.45) is 0 Å². The molecular formula is C22H26Cl2N2O4. The zero-order chi connectivity index (χ0) is 21.7. The molecule has 3 rings (SSSR count). The first-order valence-corrected chi connectivity index (χ1v) is 10.7. The number of phenolic OH excluding ortho intramolecular Hbond substituents is 1. The van der Waals surface area contributed by atoms with Gasteiger partial charge in [-0.15, -0.1) is 0 Å². The number of aliphatic hydroxyl groups excluding tert-OH is 1. The number of nitrogens with zero attached hydrogens (tertiary/aromatic N) is 1. The van der Waals surface area contributed by atoms with E-state index in [-0.39, 0.29) is 24.3 Å². The van der Waals surface area contributed by atoms with Gasteiger partial charge in [0.2, 0.25) is 0 Å². The van der Waals surface area contributed by atoms with Gasteiger partial charge in [-0.05, 0) is 50.1 Å². The van der Waals surface area contributed by atoms with Gasteiger partial charge in [-0.2, -0.15) is 0 Å². The molecule has 1 amide bonds. The maximum absolute atomic E-state index is 12.1. The molecule has 0 spiro atoms. The third-order valence-corrected chi connectivity index (χ3v) is 6.09. The Morgan fingerprint density at radius 2 is 2.00 bits per heavy atom. The number of amides is 1. The van der Waals surface area contributed by atoms with Crippen molar-refractivity contribution < 1.29 is 19.7 Å². The molecule has 1 heterocycles. The Morgan fingerprint density at radius 1 is 1.27 bits per heavy atom. The second-order valence-corrected chi connectivity index (χ2v) is 8.30. The largest absolute Gasteiger partial charge is 0.508 e. The first-order valence-electron chi connectivity index (χ1n) is 9.92. The van der Waals surface area contributed by atoms with Crippen LogP contribution in [0, 0.1) is 6.92 Å². The van der Waals surface area contributed by atoms with Crippen molar-refractivity contribution >= 4 is 29.1 Å². The van der Waals surface area contributed by atoms with E-state index in [2.05, 4.69) is 10.2 Å². The summed E-state index contributed by atoms with van der Waals surface area (Å²) in [5.74, 6) is 0.455. The van der Waals surface area contributed by atoms with E-state index >= 15 is 0 Å². The van der Waals surface area contributed by atoms with Crippen molar-refractivity contribution in [3.05, 3.63) is 57.6 Å². The molecule has 8 heteroatoms. The number of phenols is 1. The van der Waals surface area contributed by atoms with E-state index in [0.29, 0.717) is 22.2 Å². The Balaban J connectivity index is 1.41. The Morgan fingerprint density at radius 3 is 2.70 bits per heavy atom. The van der Waals surface area contributed by atoms with Gasteiger partial charge in [0.1, 0.15) is 17.6 Å². The standard InChI is InChI=1S/C22H26Cl2N2O4/c1-14-20(6-5-19(23)21(14)24)30-18-7-9-26(10-8-18)13-17(28)12-25-22(29)15-3-2-4-16(27)11-15/h2-6,11,17-18,27-28H,7-10,12-13H2,1H3,(H,25,29)/t17-/m1/s1. The number of hydrogen-bond donors (Lipinski definition) is 3. The number of piperidine rings is 1. The molecule has 1 aliphatic heterocycles. The number of hydrogen-bond acceptors (Lipinski definition) is 5. The van der Waals surface area contributed by atoms with E-state index in [0.717, 1.165) is 37.2 Å². The molecule has 6 nitrogen and oxygen atoms in total. The number of β-amino-alcohol motifs (C(OH)–C–C–N with tert-alkyl or cyclic N) is 1. The van der Waals surface area contributed by atoms with Crippen LogP contribution < -0.4 is 10.1 Å². The predicted octanol–water partition coefficient (Wildman–Crippen LogP) is 3.64. The van der Waals surface area contributed by atoms with Gasteiger partial charge < -0.3 is 25.2 Å². The predicted molar refractivity (Wildman–Crippen MR) is 118 cm³/mol. The van der Waals surface area contributed by atoms with E-state index in [1.807, 2.05) is 13.0 Å². The molecule has 162 valence electrons. The number of carbonyl (C=O) groups is 1. The van der Waals surface area contributed by atoms with E-state index < -0.39 is 6.10 Å². The van der Waals surface area contributed by atoms with Crippen LogP contribution in [0.5, 0.6) is 11.5 Å². The Hall–Kier alpha value is -1.99. The molecule has 30 heavy (non-hydrogen) atoms. The van der Waals surface area contributed by atoms with Crippen molar-refractivity contribution in [3.63, 3.8) is 0 Å². The molecule has 3 N–H and O–H groups in total. The Labute approximate surface area is 186 Å². The highest BCUT2D eigenvalue weighted by molar-refractivity contribution is 6.42. The fraction of sp³-hybridized carbons (Fsp3) is 0.409. The summed E-state index contributed by atoms with van der Waals surface area (Å²) in [5.41, 5.74) is 1.20. The number of aromatic hydroxyl groups is 1. The number of carbonyl (C=O) groups excluding carboxylic acids is 1. The second-order valence-electron chi connectivity index (χ2n) is 7.52. The molecular weight excluding hydrogens is 427 g/mol. The van der Waals surface area contributed by atoms with Crippen LogP contribution in [0.3, 0.4) is 0 Å². The van der Waals surface area contributed by atoms with Gasteiger partial charge in [0.05, 0.1) is 16.1 Å². The molecule has 1 atom stereocenters.